The first-order valence-corrected chi connectivity index (χ1v) is 30.5. The van der Waals surface area contributed by atoms with Crippen LogP contribution in [0.25, 0.3) is 0 Å². The lowest BCUT2D eigenvalue weighted by Crippen LogP contribution is -2.41. The molecule has 1 amide bonds. The van der Waals surface area contributed by atoms with E-state index in [-0.39, 0.29) is 160 Å². The van der Waals surface area contributed by atoms with E-state index >= 15 is 0 Å². The first kappa shape index (κ1) is 75.2. The second-order valence-corrected chi connectivity index (χ2v) is 25.3. The van der Waals surface area contributed by atoms with Gasteiger partial charge < -0.3 is 31.5 Å². The molecule has 2 aliphatic rings. The molecule has 6 aromatic rings. The number of benzene rings is 6. The summed E-state index contributed by atoms with van der Waals surface area (Å²) in [5.74, 6) is -2.93. The highest BCUT2D eigenvalue weighted by Crippen LogP contribution is 2.45. The van der Waals surface area contributed by atoms with Crippen molar-refractivity contribution in [1.82, 2.24) is 5.32 Å². The number of fused-ring (bicyclic) bond motifs is 2. The number of carboxylic acid groups (broad SMARTS) is 2. The van der Waals surface area contributed by atoms with Crippen LogP contribution in [0.15, 0.2) is 121 Å². The van der Waals surface area contributed by atoms with Gasteiger partial charge >= 0.3 is 11.9 Å². The zero-order valence-electron chi connectivity index (χ0n) is 49.8. The number of carbonyl (C=O) groups is 8. The molecule has 0 aromatic heterocycles. The number of halogens is 5. The van der Waals surface area contributed by atoms with Gasteiger partial charge in [-0.2, -0.15) is 27.0 Å². The first-order valence-electron chi connectivity index (χ1n) is 28.6. The van der Waals surface area contributed by atoms with Crippen LogP contribution in [0.3, 0.4) is 0 Å². The molecule has 21 heteroatoms. The molecule has 2 unspecified atom stereocenters. The summed E-state index contributed by atoms with van der Waals surface area (Å²) in [5.41, 5.74) is 12.7. The maximum absolute atomic E-state index is 13.0. The number of aliphatic carboxylic acids is 2. The fraction of sp³-hybridized carbons (Fsp3) is 0.353. The van der Waals surface area contributed by atoms with Crippen LogP contribution in [0.1, 0.15) is 191 Å². The smallest absolute Gasteiger partial charge is 0.326 e. The summed E-state index contributed by atoms with van der Waals surface area (Å²) in [6.45, 7) is 8.89. The molecule has 7 N–H and O–H groups in total. The van der Waals surface area contributed by atoms with Crippen molar-refractivity contribution in [3.63, 3.8) is 0 Å². The SMILES string of the molecule is CC1(C)CCC(CC(=O)CC[C@H](N)C(=O)O)c2ccccc21.CC1(C)CCC(CC(=O)CC[C@H](NC(=O)c2c(Cl)cc(C(=O)CCc3cccc(O)c3)cc2Cl)C(=O)O)c2ccccc21.O=C(CCc1cccc(O)c1)c1cc(Cl)c(C(=O)Cl)c(Cl)c1.S.S. The number of aryl methyl sites for hydroxylation is 2. The van der Waals surface area contributed by atoms with Gasteiger partial charge in [0.05, 0.1) is 31.2 Å². The zero-order chi connectivity index (χ0) is 63.9. The Morgan fingerprint density at radius 3 is 1.31 bits per heavy atom. The lowest BCUT2D eigenvalue weighted by Gasteiger charge is -2.37. The molecule has 89 heavy (non-hydrogen) atoms. The Hall–Kier alpha value is -6.21. The van der Waals surface area contributed by atoms with E-state index in [1.54, 1.807) is 42.5 Å². The van der Waals surface area contributed by atoms with Gasteiger partial charge in [-0.15, -0.1) is 0 Å². The second kappa shape index (κ2) is 34.3. The van der Waals surface area contributed by atoms with Crippen LogP contribution in [0.4, 0.5) is 0 Å². The number of amides is 1. The summed E-state index contributed by atoms with van der Waals surface area (Å²) in [5, 5.41) is 39.1. The number of phenolic OH excluding ortho intramolecular Hbond substituents is 2. The predicted molar refractivity (Wildman–Crippen MR) is 360 cm³/mol. The number of hydrogen-bond acceptors (Lipinski definition) is 11. The molecule has 0 heterocycles. The van der Waals surface area contributed by atoms with Crippen LogP contribution in [-0.2, 0) is 42.8 Å². The quantitative estimate of drug-likeness (QED) is 0.0258. The van der Waals surface area contributed by atoms with Crippen LogP contribution in [0.2, 0.25) is 20.1 Å². The average molecular weight is 1350 g/mol. The number of hydrogen-bond donors (Lipinski definition) is 6. The maximum Gasteiger partial charge on any atom is 0.326 e. The standard InChI is InChI=1S/C34H35Cl2NO6.C18H25NO3.C16H11Cl3O3.2H2S/c1-34(2)15-14-21(25-8-3-4-9-26(25)34)17-24(39)11-12-29(33(42)43)37-32(41)31-27(35)18-22(19-28(31)36)30(40)13-10-20-6-5-7-23(38)16-20;1-18(2)10-9-12(14-5-3-4-6-15(14)18)11-13(20)7-8-16(19)17(21)22;17-12-7-10(8-13(18)15(12)16(19)22)14(21)5-4-9-2-1-3-11(20)6-9;;/h3-9,16,18-19,21,29,38H,10-15,17H2,1-2H3,(H,37,41)(H,42,43);3-6,12,16H,7-11,19H2,1-2H3,(H,21,22);1-3,6-8,20H,4-5H2;2*1H2/t21?,29-;12?,16-;;;/m00.../s1. The van der Waals surface area contributed by atoms with Crippen LogP contribution in [0.5, 0.6) is 11.5 Å². The fourth-order valence-electron chi connectivity index (χ4n) is 11.1. The van der Waals surface area contributed by atoms with Crippen molar-refractivity contribution in [2.75, 3.05) is 0 Å². The Labute approximate surface area is 558 Å². The molecule has 0 radical (unpaired) electrons. The third kappa shape index (κ3) is 21.5. The predicted octanol–water partition coefficient (Wildman–Crippen LogP) is 15.4. The van der Waals surface area contributed by atoms with Gasteiger partial charge in [0.25, 0.3) is 11.1 Å². The van der Waals surface area contributed by atoms with Crippen molar-refractivity contribution in [2.24, 2.45) is 5.73 Å². The monoisotopic (exact) mass is 1350 g/mol. The maximum atomic E-state index is 13.0. The number of phenols is 2. The van der Waals surface area contributed by atoms with Crippen LogP contribution in [0, 0.1) is 0 Å². The fourth-order valence-corrected chi connectivity index (χ4v) is 12.7. The lowest BCUT2D eigenvalue weighted by atomic mass is 9.68. The molecule has 0 saturated carbocycles. The number of nitrogens with two attached hydrogens (primary N) is 1. The molecule has 476 valence electrons. The molecule has 14 nitrogen and oxygen atoms in total. The number of Topliss-reactive ketones (excluding diaryl/α,β-unsaturated/α-hetero) is 4. The van der Waals surface area contributed by atoms with Gasteiger partial charge in [0, 0.05) is 49.7 Å². The Morgan fingerprint density at radius 1 is 0.539 bits per heavy atom. The number of nitrogens with one attached hydrogen (secondary N) is 1. The zero-order valence-corrected chi connectivity index (χ0v) is 55.6. The molecule has 8 rings (SSSR count). The number of ketones is 4. The summed E-state index contributed by atoms with van der Waals surface area (Å²) < 4.78 is 0. The second-order valence-electron chi connectivity index (χ2n) is 23.4. The molecular formula is C68H75Cl5N2O12S2. The molecule has 4 atom stereocenters. The number of carbonyl (C=O) groups excluding carboxylic acids is 6. The summed E-state index contributed by atoms with van der Waals surface area (Å²) in [7, 11) is 0. The molecule has 2 aliphatic carbocycles. The van der Waals surface area contributed by atoms with Gasteiger partial charge in [0.2, 0.25) is 0 Å². The van der Waals surface area contributed by atoms with E-state index in [4.69, 9.17) is 68.8 Å². The third-order valence-corrected chi connectivity index (χ3v) is 17.4. The summed E-state index contributed by atoms with van der Waals surface area (Å²) in [6.07, 6.45) is 6.28. The lowest BCUT2D eigenvalue weighted by molar-refractivity contribution is -0.140. The Bertz CT molecular complexity index is 3510. The summed E-state index contributed by atoms with van der Waals surface area (Å²) >= 11 is 29.9. The Balaban J connectivity index is 0.000000310. The molecule has 0 fully saturated rings. The van der Waals surface area contributed by atoms with Gasteiger partial charge in [-0.3, -0.25) is 33.6 Å². The minimum Gasteiger partial charge on any atom is -0.508 e. The number of carboxylic acids is 2. The highest BCUT2D eigenvalue weighted by molar-refractivity contribution is 7.59. The van der Waals surface area contributed by atoms with Crippen molar-refractivity contribution in [3.8, 4) is 11.5 Å². The number of rotatable bonds is 23. The first-order chi connectivity index (χ1) is 41.0. The summed E-state index contributed by atoms with van der Waals surface area (Å²) in [6, 6.07) is 33.0. The van der Waals surface area contributed by atoms with Crippen molar-refractivity contribution in [1.29, 1.82) is 0 Å². The van der Waals surface area contributed by atoms with Crippen LogP contribution in [-0.4, -0.2) is 78.7 Å². The van der Waals surface area contributed by atoms with E-state index in [1.807, 2.05) is 24.3 Å². The minimum atomic E-state index is -1.33. The molecule has 0 aliphatic heterocycles. The van der Waals surface area contributed by atoms with Crippen LogP contribution >= 0.6 is 85.0 Å². The van der Waals surface area contributed by atoms with E-state index in [9.17, 15) is 53.7 Å². The topological polar surface area (TPSA) is 256 Å². The molecule has 6 aromatic carbocycles. The largest absolute Gasteiger partial charge is 0.508 e. The molecule has 0 bridgehead atoms. The molecule has 0 saturated heterocycles. The third-order valence-electron chi connectivity index (χ3n) is 16.1. The van der Waals surface area contributed by atoms with Gasteiger partial charge in [-0.1, -0.05) is 147 Å². The van der Waals surface area contributed by atoms with Gasteiger partial charge in [0.1, 0.15) is 35.1 Å². The molecular weight excluding hydrogens is 1280 g/mol. The average Bonchev–Trinajstić information content (AvgIpc) is 1.38. The van der Waals surface area contributed by atoms with E-state index in [0.717, 1.165) is 36.8 Å². The van der Waals surface area contributed by atoms with E-state index in [0.29, 0.717) is 31.2 Å². The number of aromatic hydroxyl groups is 2. The highest BCUT2D eigenvalue weighted by atomic mass is 35.5. The summed E-state index contributed by atoms with van der Waals surface area (Å²) in [4.78, 5) is 97.0. The van der Waals surface area contributed by atoms with E-state index in [2.05, 4.69) is 63.3 Å². The van der Waals surface area contributed by atoms with Gasteiger partial charge in [0.15, 0.2) is 11.6 Å². The van der Waals surface area contributed by atoms with E-state index < -0.39 is 35.2 Å². The van der Waals surface area contributed by atoms with E-state index in [1.165, 1.54) is 46.5 Å². The normalized spacial score (nSPS) is 15.6. The Kier molecular flexibility index (Phi) is 29.0. The molecule has 0 spiro atoms. The van der Waals surface area contributed by atoms with Gasteiger partial charge in [-0.05, 0) is 168 Å². The van der Waals surface area contributed by atoms with Crippen molar-refractivity contribution in [3.05, 3.63) is 197 Å². The minimum absolute atomic E-state index is 0. The van der Waals surface area contributed by atoms with Crippen molar-refractivity contribution >= 4 is 131 Å². The van der Waals surface area contributed by atoms with Gasteiger partial charge in [-0.25, -0.2) is 4.79 Å². The highest BCUT2D eigenvalue weighted by Gasteiger charge is 2.35. The van der Waals surface area contributed by atoms with Crippen molar-refractivity contribution in [2.45, 2.75) is 152 Å². The van der Waals surface area contributed by atoms with Crippen LogP contribution < -0.4 is 11.1 Å². The van der Waals surface area contributed by atoms with Crippen molar-refractivity contribution < 1.29 is 58.8 Å². The Morgan fingerprint density at radius 2 is 0.933 bits per heavy atom.